The van der Waals surface area contributed by atoms with Crippen LogP contribution in [-0.2, 0) is 14.3 Å². The maximum atomic E-state index is 13.1. The van der Waals surface area contributed by atoms with E-state index in [4.69, 9.17) is 9.47 Å². The van der Waals surface area contributed by atoms with Crippen LogP contribution in [0.1, 0.15) is 284 Å². The molecule has 426 valence electrons. The number of carbonyl (C=O) groups is 1. The summed E-state index contributed by atoms with van der Waals surface area (Å²) in [7, 11) is 0. The van der Waals surface area contributed by atoms with Gasteiger partial charge in [-0.05, 0) is 70.6 Å². The second-order valence-corrected chi connectivity index (χ2v) is 21.5. The number of unbranched alkanes of at least 4 members (excludes halogenated alkanes) is 35. The lowest BCUT2D eigenvalue weighted by molar-refractivity contribution is -0.302. The van der Waals surface area contributed by atoms with Gasteiger partial charge in [-0.15, -0.1) is 0 Å². The SMILES string of the molecule is CCCCCCC/C=C\C/C=C\C/C=C\CCCCCCCCCCCCC(=O)NC(COC1OC(CO)C(O)C(O)C1O)C(O)/C=C/CC/C=C/CCCCCCCCCCCCCCCCCCCCC. The van der Waals surface area contributed by atoms with Crippen LogP contribution in [0.2, 0.25) is 0 Å². The van der Waals surface area contributed by atoms with E-state index in [0.717, 1.165) is 51.4 Å². The summed E-state index contributed by atoms with van der Waals surface area (Å²) in [6.07, 6.45) is 65.8. The predicted octanol–water partition coefficient (Wildman–Crippen LogP) is 15.9. The molecular weight excluding hydrogens is 911 g/mol. The molecule has 9 heteroatoms. The van der Waals surface area contributed by atoms with Gasteiger partial charge in [0.15, 0.2) is 6.29 Å². The predicted molar refractivity (Wildman–Crippen MR) is 309 cm³/mol. The molecule has 0 spiro atoms. The third-order valence-corrected chi connectivity index (χ3v) is 14.6. The molecule has 1 saturated heterocycles. The molecule has 0 aromatic heterocycles. The molecule has 1 aliphatic rings. The van der Waals surface area contributed by atoms with Gasteiger partial charge in [0.2, 0.25) is 5.91 Å². The van der Waals surface area contributed by atoms with Crippen molar-refractivity contribution in [2.45, 2.75) is 326 Å². The van der Waals surface area contributed by atoms with Gasteiger partial charge in [0.05, 0.1) is 25.4 Å². The van der Waals surface area contributed by atoms with E-state index < -0.39 is 49.5 Å². The van der Waals surface area contributed by atoms with Gasteiger partial charge in [0.1, 0.15) is 24.4 Å². The molecule has 73 heavy (non-hydrogen) atoms. The van der Waals surface area contributed by atoms with E-state index in [2.05, 4.69) is 67.8 Å². The van der Waals surface area contributed by atoms with Crippen LogP contribution >= 0.6 is 0 Å². The monoisotopic (exact) mass is 1030 g/mol. The highest BCUT2D eigenvalue weighted by Gasteiger charge is 2.44. The summed E-state index contributed by atoms with van der Waals surface area (Å²) in [6.45, 7) is 3.78. The Labute approximate surface area is 449 Å². The van der Waals surface area contributed by atoms with E-state index in [1.807, 2.05) is 6.08 Å². The number of amides is 1. The van der Waals surface area contributed by atoms with Crippen molar-refractivity contribution in [3.05, 3.63) is 60.8 Å². The smallest absolute Gasteiger partial charge is 0.220 e. The highest BCUT2D eigenvalue weighted by atomic mass is 16.7. The molecule has 7 atom stereocenters. The number of ether oxygens (including phenoxy) is 2. The lowest BCUT2D eigenvalue weighted by Gasteiger charge is -2.40. The van der Waals surface area contributed by atoms with Crippen molar-refractivity contribution in [2.24, 2.45) is 0 Å². The van der Waals surface area contributed by atoms with Crippen molar-refractivity contribution in [2.75, 3.05) is 13.2 Å². The molecule has 6 N–H and O–H groups in total. The summed E-state index contributed by atoms with van der Waals surface area (Å²) >= 11 is 0. The van der Waals surface area contributed by atoms with Crippen LogP contribution in [0.4, 0.5) is 0 Å². The molecule has 1 fully saturated rings. The zero-order chi connectivity index (χ0) is 52.9. The summed E-state index contributed by atoms with van der Waals surface area (Å²) in [5.74, 6) is -0.189. The Morgan fingerprint density at radius 3 is 1.25 bits per heavy atom. The molecule has 0 saturated carbocycles. The summed E-state index contributed by atoms with van der Waals surface area (Å²) in [4.78, 5) is 13.1. The van der Waals surface area contributed by atoms with Gasteiger partial charge in [0, 0.05) is 6.42 Å². The number of hydrogen-bond donors (Lipinski definition) is 6. The summed E-state index contributed by atoms with van der Waals surface area (Å²) in [5.41, 5.74) is 0. The number of nitrogens with one attached hydrogen (secondary N) is 1. The Hall–Kier alpha value is -2.11. The zero-order valence-corrected chi connectivity index (χ0v) is 47.4. The van der Waals surface area contributed by atoms with Crippen molar-refractivity contribution in [3.63, 3.8) is 0 Å². The first-order chi connectivity index (χ1) is 35.8. The quantitative estimate of drug-likeness (QED) is 0.0261. The lowest BCUT2D eigenvalue weighted by Crippen LogP contribution is -2.60. The fraction of sp³-hybridized carbons (Fsp3) is 0.828. The number of allylic oxidation sites excluding steroid dienone is 9. The van der Waals surface area contributed by atoms with Crippen molar-refractivity contribution < 1.29 is 39.8 Å². The number of hydrogen-bond acceptors (Lipinski definition) is 8. The Balaban J connectivity index is 2.23. The minimum absolute atomic E-state index is 0.189. The summed E-state index contributed by atoms with van der Waals surface area (Å²) in [6, 6.07) is -0.828. The topological polar surface area (TPSA) is 149 Å². The number of aliphatic hydroxyl groups is 5. The fourth-order valence-electron chi connectivity index (χ4n) is 9.65. The van der Waals surface area contributed by atoms with Crippen LogP contribution in [0, 0.1) is 0 Å². The Morgan fingerprint density at radius 1 is 0.466 bits per heavy atom. The molecule has 7 unspecified atom stereocenters. The molecule has 0 bridgehead atoms. The van der Waals surface area contributed by atoms with Gasteiger partial charge >= 0.3 is 0 Å². The van der Waals surface area contributed by atoms with Crippen LogP contribution in [0.5, 0.6) is 0 Å². The molecular formula is C64H117NO8. The maximum Gasteiger partial charge on any atom is 0.220 e. The largest absolute Gasteiger partial charge is 0.394 e. The van der Waals surface area contributed by atoms with Gasteiger partial charge < -0.3 is 40.3 Å². The van der Waals surface area contributed by atoms with Gasteiger partial charge in [-0.25, -0.2) is 0 Å². The highest BCUT2D eigenvalue weighted by Crippen LogP contribution is 2.23. The summed E-state index contributed by atoms with van der Waals surface area (Å²) < 4.78 is 11.3. The molecule has 1 heterocycles. The van der Waals surface area contributed by atoms with Crippen molar-refractivity contribution in [1.29, 1.82) is 0 Å². The van der Waals surface area contributed by atoms with Crippen LogP contribution in [-0.4, -0.2) is 87.5 Å². The lowest BCUT2D eigenvalue weighted by atomic mass is 9.99. The first-order valence-corrected chi connectivity index (χ1v) is 31.0. The minimum Gasteiger partial charge on any atom is -0.394 e. The van der Waals surface area contributed by atoms with Gasteiger partial charge in [-0.2, -0.15) is 0 Å². The second-order valence-electron chi connectivity index (χ2n) is 21.5. The Kier molecular flexibility index (Phi) is 50.3. The third-order valence-electron chi connectivity index (χ3n) is 14.6. The Bertz CT molecular complexity index is 1330. The Morgan fingerprint density at radius 2 is 0.822 bits per heavy atom. The number of rotatable bonds is 53. The van der Waals surface area contributed by atoms with Crippen molar-refractivity contribution in [3.8, 4) is 0 Å². The minimum atomic E-state index is -1.58. The number of aliphatic hydroxyl groups excluding tert-OH is 5. The second kappa shape index (κ2) is 53.3. The van der Waals surface area contributed by atoms with Crippen molar-refractivity contribution >= 4 is 5.91 Å². The molecule has 0 aromatic rings. The van der Waals surface area contributed by atoms with E-state index >= 15 is 0 Å². The number of carbonyl (C=O) groups excluding carboxylic acids is 1. The van der Waals surface area contributed by atoms with Crippen LogP contribution in [0.25, 0.3) is 0 Å². The molecule has 9 nitrogen and oxygen atoms in total. The van der Waals surface area contributed by atoms with Crippen LogP contribution in [0.3, 0.4) is 0 Å². The molecule has 0 radical (unpaired) electrons. The van der Waals surface area contributed by atoms with Crippen molar-refractivity contribution in [1.82, 2.24) is 5.32 Å². The van der Waals surface area contributed by atoms with E-state index in [-0.39, 0.29) is 12.5 Å². The molecule has 1 aliphatic heterocycles. The van der Waals surface area contributed by atoms with E-state index in [0.29, 0.717) is 6.42 Å². The van der Waals surface area contributed by atoms with Crippen LogP contribution < -0.4 is 5.32 Å². The zero-order valence-electron chi connectivity index (χ0n) is 47.4. The highest BCUT2D eigenvalue weighted by molar-refractivity contribution is 5.76. The van der Waals surface area contributed by atoms with E-state index in [1.54, 1.807) is 6.08 Å². The first-order valence-electron chi connectivity index (χ1n) is 31.0. The molecule has 0 aliphatic carbocycles. The average Bonchev–Trinajstić information content (AvgIpc) is 3.39. The van der Waals surface area contributed by atoms with E-state index in [1.165, 1.54) is 212 Å². The molecule has 1 amide bonds. The van der Waals surface area contributed by atoms with Gasteiger partial charge in [-0.3, -0.25) is 4.79 Å². The first kappa shape index (κ1) is 68.9. The standard InChI is InChI=1S/C64H117NO8/c1-3-5-7-9-11-13-15-17-19-21-23-25-27-29-31-33-35-37-39-41-43-45-47-49-51-53-58(67)57(56-72-64-63(71)62(70)61(69)59(55-66)73-64)65-60(68)54-52-50-48-46-44-42-40-38-36-34-32-30-28-26-24-22-20-18-16-14-12-10-8-6-4-2/h16,18,22,24,28,30,43,45,51,53,57-59,61-64,66-67,69-71H,3-15,17,19-21,23,25-27,29,31-42,44,46-50,52,54-56H2,1-2H3,(H,65,68)/b18-16-,24-22-,30-28-,45-43+,53-51+. The normalized spacial score (nSPS) is 19.5. The molecule has 1 rings (SSSR count). The van der Waals surface area contributed by atoms with Crippen LogP contribution in [0.15, 0.2) is 60.8 Å². The summed E-state index contributed by atoms with van der Waals surface area (Å²) in [5, 5.41) is 54.6. The molecule has 0 aromatic carbocycles. The van der Waals surface area contributed by atoms with E-state index in [9.17, 15) is 30.3 Å². The fourth-order valence-corrected chi connectivity index (χ4v) is 9.65. The van der Waals surface area contributed by atoms with Gasteiger partial charge in [-0.1, -0.05) is 267 Å². The average molecular weight is 1030 g/mol. The van der Waals surface area contributed by atoms with Gasteiger partial charge in [0.25, 0.3) is 0 Å². The maximum absolute atomic E-state index is 13.1. The third kappa shape index (κ3) is 42.7.